The number of hydrazone groups is 1. The second-order valence-electron chi connectivity index (χ2n) is 4.58. The molecule has 2 rings (SSSR count). The van der Waals surface area contributed by atoms with Gasteiger partial charge in [0.1, 0.15) is 0 Å². The second-order valence-corrected chi connectivity index (χ2v) is 4.58. The Hall–Kier alpha value is -2.49. The highest BCUT2D eigenvalue weighted by Gasteiger charge is 1.97. The van der Waals surface area contributed by atoms with Crippen LogP contribution in [0.4, 0.5) is 5.95 Å². The van der Waals surface area contributed by atoms with Gasteiger partial charge in [0.25, 0.3) is 0 Å². The first-order chi connectivity index (χ1) is 9.63. The van der Waals surface area contributed by atoms with E-state index in [2.05, 4.69) is 20.5 Å². The maximum atomic E-state index is 4.27. The first-order valence-corrected chi connectivity index (χ1v) is 6.49. The van der Waals surface area contributed by atoms with Gasteiger partial charge >= 0.3 is 0 Å². The van der Waals surface area contributed by atoms with Gasteiger partial charge in [0.05, 0.1) is 5.71 Å². The van der Waals surface area contributed by atoms with Crippen LogP contribution in [-0.2, 0) is 0 Å². The first kappa shape index (κ1) is 13.9. The lowest BCUT2D eigenvalue weighted by molar-refractivity contribution is 1.03. The Morgan fingerprint density at radius 2 is 1.75 bits per heavy atom. The molecular weight excluding hydrogens is 248 g/mol. The standard InChI is InChI=1S/C16H18N4/c1-12(9-10-15-7-5-4-6-8-15)19-20-16-17-13(2)11-14(3)18-16/h4-11H,1-3H3,(H,17,18,20). The quantitative estimate of drug-likeness (QED) is 0.679. The lowest BCUT2D eigenvalue weighted by Gasteiger charge is -2.02. The van der Waals surface area contributed by atoms with E-state index < -0.39 is 0 Å². The minimum atomic E-state index is 0.523. The molecule has 0 saturated heterocycles. The van der Waals surface area contributed by atoms with Crippen molar-refractivity contribution in [3.63, 3.8) is 0 Å². The number of nitrogens with zero attached hydrogens (tertiary/aromatic N) is 3. The van der Waals surface area contributed by atoms with Gasteiger partial charge in [-0.25, -0.2) is 15.4 Å². The second kappa shape index (κ2) is 6.61. The Morgan fingerprint density at radius 1 is 1.10 bits per heavy atom. The Labute approximate surface area is 119 Å². The molecule has 0 fully saturated rings. The predicted octanol–water partition coefficient (Wildman–Crippen LogP) is 3.59. The summed E-state index contributed by atoms with van der Waals surface area (Å²) in [6, 6.07) is 12.0. The fraction of sp³-hybridized carbons (Fsp3) is 0.188. The highest BCUT2D eigenvalue weighted by atomic mass is 15.4. The van der Waals surface area contributed by atoms with Gasteiger partial charge in [-0.15, -0.1) is 0 Å². The third-order valence-corrected chi connectivity index (χ3v) is 2.63. The summed E-state index contributed by atoms with van der Waals surface area (Å²) in [4.78, 5) is 8.54. The molecule has 0 radical (unpaired) electrons. The fourth-order valence-corrected chi connectivity index (χ4v) is 1.73. The van der Waals surface area contributed by atoms with E-state index in [1.807, 2.05) is 69.3 Å². The fourth-order valence-electron chi connectivity index (χ4n) is 1.73. The van der Waals surface area contributed by atoms with Crippen molar-refractivity contribution in [3.05, 3.63) is 59.4 Å². The van der Waals surface area contributed by atoms with Crippen molar-refractivity contribution in [2.75, 3.05) is 5.43 Å². The van der Waals surface area contributed by atoms with Crippen LogP contribution < -0.4 is 5.43 Å². The van der Waals surface area contributed by atoms with Crippen molar-refractivity contribution in [2.45, 2.75) is 20.8 Å². The predicted molar refractivity (Wildman–Crippen MR) is 83.7 cm³/mol. The number of benzene rings is 1. The third-order valence-electron chi connectivity index (χ3n) is 2.63. The normalized spacial score (nSPS) is 11.8. The zero-order valence-electron chi connectivity index (χ0n) is 12.0. The number of nitrogens with one attached hydrogen (secondary N) is 1. The smallest absolute Gasteiger partial charge is 0.243 e. The summed E-state index contributed by atoms with van der Waals surface area (Å²) in [6.45, 7) is 5.80. The van der Waals surface area contributed by atoms with Crippen LogP contribution in [0.15, 0.2) is 47.6 Å². The molecule has 4 nitrogen and oxygen atoms in total. The molecule has 1 aromatic carbocycles. The minimum absolute atomic E-state index is 0.523. The number of hydrogen-bond donors (Lipinski definition) is 1. The summed E-state index contributed by atoms with van der Waals surface area (Å²) in [7, 11) is 0. The van der Waals surface area contributed by atoms with Gasteiger partial charge in [-0.1, -0.05) is 36.4 Å². The van der Waals surface area contributed by atoms with Crippen LogP contribution in [0.2, 0.25) is 0 Å². The van der Waals surface area contributed by atoms with E-state index in [4.69, 9.17) is 0 Å². The molecule has 4 heteroatoms. The summed E-state index contributed by atoms with van der Waals surface area (Å²) in [5.41, 5.74) is 6.73. The van der Waals surface area contributed by atoms with Crippen LogP contribution in [0, 0.1) is 13.8 Å². The van der Waals surface area contributed by atoms with E-state index in [-0.39, 0.29) is 0 Å². The molecule has 0 spiro atoms. The summed E-state index contributed by atoms with van der Waals surface area (Å²) in [6.07, 6.45) is 3.97. The molecule has 1 heterocycles. The molecule has 0 aliphatic rings. The zero-order chi connectivity index (χ0) is 14.4. The van der Waals surface area contributed by atoms with E-state index >= 15 is 0 Å². The molecule has 0 bridgehead atoms. The van der Waals surface area contributed by atoms with Gasteiger partial charge in [-0.05, 0) is 38.5 Å². The van der Waals surface area contributed by atoms with E-state index in [1.54, 1.807) is 0 Å². The summed E-state index contributed by atoms with van der Waals surface area (Å²) < 4.78 is 0. The molecule has 1 aromatic heterocycles. The Kier molecular flexibility index (Phi) is 4.60. The van der Waals surface area contributed by atoms with Gasteiger partial charge in [0, 0.05) is 11.4 Å². The molecule has 0 saturated carbocycles. The van der Waals surface area contributed by atoms with E-state index in [1.165, 1.54) is 0 Å². The van der Waals surface area contributed by atoms with Gasteiger partial charge < -0.3 is 0 Å². The molecule has 0 unspecified atom stereocenters. The summed E-state index contributed by atoms with van der Waals surface area (Å²) in [5.74, 6) is 0.523. The maximum absolute atomic E-state index is 4.27. The minimum Gasteiger partial charge on any atom is -0.245 e. The maximum Gasteiger partial charge on any atom is 0.243 e. The monoisotopic (exact) mass is 266 g/mol. The molecule has 20 heavy (non-hydrogen) atoms. The van der Waals surface area contributed by atoms with Crippen LogP contribution in [0.3, 0.4) is 0 Å². The molecule has 0 atom stereocenters. The number of hydrogen-bond acceptors (Lipinski definition) is 4. The molecular formula is C16H18N4. The van der Waals surface area contributed by atoms with Crippen LogP contribution >= 0.6 is 0 Å². The molecule has 2 aromatic rings. The Morgan fingerprint density at radius 3 is 2.40 bits per heavy atom. The number of aromatic nitrogens is 2. The van der Waals surface area contributed by atoms with Crippen LogP contribution in [0.1, 0.15) is 23.9 Å². The van der Waals surface area contributed by atoms with Gasteiger partial charge in [-0.2, -0.15) is 5.10 Å². The Balaban J connectivity index is 2.02. The number of aryl methyl sites for hydroxylation is 2. The molecule has 102 valence electrons. The van der Waals surface area contributed by atoms with E-state index in [0.717, 1.165) is 22.7 Å². The van der Waals surface area contributed by atoms with Crippen molar-refractivity contribution in [2.24, 2.45) is 5.10 Å². The summed E-state index contributed by atoms with van der Waals surface area (Å²) >= 11 is 0. The van der Waals surface area contributed by atoms with Gasteiger partial charge in [-0.3, -0.25) is 0 Å². The SMILES string of the molecule is CC(C=Cc1ccccc1)=NNc1nc(C)cc(C)n1. The van der Waals surface area contributed by atoms with Gasteiger partial charge in [0.15, 0.2) is 0 Å². The van der Waals surface area contributed by atoms with Gasteiger partial charge in [0.2, 0.25) is 5.95 Å². The van der Waals surface area contributed by atoms with Crippen molar-refractivity contribution in [1.29, 1.82) is 0 Å². The van der Waals surface area contributed by atoms with Crippen molar-refractivity contribution >= 4 is 17.7 Å². The van der Waals surface area contributed by atoms with Crippen molar-refractivity contribution in [3.8, 4) is 0 Å². The Bertz CT molecular complexity index is 610. The largest absolute Gasteiger partial charge is 0.245 e. The van der Waals surface area contributed by atoms with Crippen LogP contribution in [0.25, 0.3) is 6.08 Å². The van der Waals surface area contributed by atoms with Crippen LogP contribution in [-0.4, -0.2) is 15.7 Å². The topological polar surface area (TPSA) is 50.2 Å². The summed E-state index contributed by atoms with van der Waals surface area (Å²) in [5, 5.41) is 4.25. The number of rotatable bonds is 4. The first-order valence-electron chi connectivity index (χ1n) is 6.49. The highest BCUT2D eigenvalue weighted by Crippen LogP contribution is 2.04. The van der Waals surface area contributed by atoms with Crippen molar-refractivity contribution < 1.29 is 0 Å². The highest BCUT2D eigenvalue weighted by molar-refractivity contribution is 5.96. The van der Waals surface area contributed by atoms with E-state index in [9.17, 15) is 0 Å². The average Bonchev–Trinajstić information content (AvgIpc) is 2.43. The average molecular weight is 266 g/mol. The molecule has 0 amide bonds. The number of anilines is 1. The lowest BCUT2D eigenvalue weighted by Crippen LogP contribution is -2.01. The third kappa shape index (κ3) is 4.31. The van der Waals surface area contributed by atoms with E-state index in [0.29, 0.717) is 5.95 Å². The molecule has 0 aliphatic heterocycles. The molecule has 0 aliphatic carbocycles. The molecule has 1 N–H and O–H groups in total. The number of allylic oxidation sites excluding steroid dienone is 1. The van der Waals surface area contributed by atoms with Crippen molar-refractivity contribution in [1.82, 2.24) is 9.97 Å². The van der Waals surface area contributed by atoms with Crippen LogP contribution in [0.5, 0.6) is 0 Å². The zero-order valence-corrected chi connectivity index (χ0v) is 12.0. The lowest BCUT2D eigenvalue weighted by atomic mass is 10.2.